The van der Waals surface area contributed by atoms with Gasteiger partial charge in [-0.05, 0) is 52.9 Å². The van der Waals surface area contributed by atoms with Gasteiger partial charge in [-0.2, -0.15) is 0 Å². The molecule has 214 valence electrons. The largest absolute Gasteiger partial charge is 0.325 e. The van der Waals surface area contributed by atoms with Crippen LogP contribution in [0.15, 0.2) is 88.7 Å². The molecule has 1 saturated heterocycles. The molecule has 0 bridgehead atoms. The van der Waals surface area contributed by atoms with Gasteiger partial charge in [0.2, 0.25) is 17.7 Å². The van der Waals surface area contributed by atoms with Crippen LogP contribution in [-0.4, -0.2) is 27.5 Å². The summed E-state index contributed by atoms with van der Waals surface area (Å²) < 4.78 is 1.43. The predicted octanol–water partition coefficient (Wildman–Crippen LogP) is 6.30. The number of carbonyl (C=O) groups is 3. The summed E-state index contributed by atoms with van der Waals surface area (Å²) in [6.45, 7) is 6.18. The van der Waals surface area contributed by atoms with Crippen molar-refractivity contribution < 1.29 is 14.4 Å². The number of carbonyl (C=O) groups excluding carboxylic acids is 3. The highest BCUT2D eigenvalue weighted by atomic mass is 35.5. The molecule has 42 heavy (non-hydrogen) atoms. The highest BCUT2D eigenvalue weighted by Crippen LogP contribution is 2.54. The maximum atomic E-state index is 14.0. The van der Waals surface area contributed by atoms with E-state index in [9.17, 15) is 19.2 Å². The van der Waals surface area contributed by atoms with Crippen LogP contribution in [0.5, 0.6) is 0 Å². The molecule has 1 aromatic heterocycles. The van der Waals surface area contributed by atoms with Crippen molar-refractivity contribution in [1.29, 1.82) is 0 Å². The molecule has 6 rings (SSSR count). The molecule has 3 heterocycles. The molecule has 7 nitrogen and oxygen atoms in total. The molecule has 1 fully saturated rings. The predicted molar refractivity (Wildman–Crippen MR) is 168 cm³/mol. The number of imide groups is 1. The van der Waals surface area contributed by atoms with Crippen molar-refractivity contribution in [2.45, 2.75) is 48.9 Å². The van der Waals surface area contributed by atoms with Gasteiger partial charge in [-0.25, -0.2) is 4.90 Å². The number of anilines is 2. The highest BCUT2D eigenvalue weighted by molar-refractivity contribution is 8.00. The summed E-state index contributed by atoms with van der Waals surface area (Å²) in [4.78, 5) is 55.9. The third-order valence-electron chi connectivity index (χ3n) is 7.63. The lowest BCUT2D eigenvalue weighted by Gasteiger charge is -2.31. The number of halogens is 1. The van der Waals surface area contributed by atoms with Gasteiger partial charge in [-0.15, -0.1) is 0 Å². The van der Waals surface area contributed by atoms with Crippen molar-refractivity contribution in [1.82, 2.24) is 4.57 Å². The van der Waals surface area contributed by atoms with Crippen LogP contribution in [0.4, 0.5) is 11.4 Å². The van der Waals surface area contributed by atoms with Crippen molar-refractivity contribution in [3.63, 3.8) is 0 Å². The fourth-order valence-corrected chi connectivity index (χ4v) is 8.41. The summed E-state index contributed by atoms with van der Waals surface area (Å²) in [5.74, 6) is -2.25. The maximum Gasteiger partial charge on any atom is 0.308 e. The van der Waals surface area contributed by atoms with E-state index in [1.54, 1.807) is 36.4 Å². The molecule has 2 aliphatic heterocycles. The number of rotatable bonds is 5. The van der Waals surface area contributed by atoms with E-state index in [1.807, 2.05) is 42.5 Å². The average molecular weight is 618 g/mol. The van der Waals surface area contributed by atoms with E-state index in [2.05, 4.69) is 26.1 Å². The number of amides is 3. The van der Waals surface area contributed by atoms with E-state index in [-0.39, 0.29) is 34.6 Å². The zero-order chi connectivity index (χ0) is 29.8. The van der Waals surface area contributed by atoms with Gasteiger partial charge in [-0.1, -0.05) is 97.9 Å². The van der Waals surface area contributed by atoms with Crippen LogP contribution >= 0.6 is 34.7 Å². The van der Waals surface area contributed by atoms with E-state index in [1.165, 1.54) is 21.2 Å². The molecule has 2 unspecified atom stereocenters. The van der Waals surface area contributed by atoms with Crippen LogP contribution < -0.4 is 15.1 Å². The van der Waals surface area contributed by atoms with Gasteiger partial charge in [-0.3, -0.25) is 23.7 Å². The minimum atomic E-state index is -0.759. The quantitative estimate of drug-likeness (QED) is 0.266. The van der Waals surface area contributed by atoms with Crippen LogP contribution in [0.3, 0.4) is 0 Å². The maximum absolute atomic E-state index is 14.0. The van der Waals surface area contributed by atoms with Crippen molar-refractivity contribution in [3.05, 3.63) is 110 Å². The lowest BCUT2D eigenvalue weighted by Crippen LogP contribution is -2.33. The molecule has 10 heteroatoms. The summed E-state index contributed by atoms with van der Waals surface area (Å²) in [6.07, 6.45) is 0. The molecule has 3 amide bonds. The smallest absolute Gasteiger partial charge is 0.308 e. The van der Waals surface area contributed by atoms with Gasteiger partial charge in [0, 0.05) is 21.5 Å². The molecule has 3 atom stereocenters. The van der Waals surface area contributed by atoms with Crippen LogP contribution in [0.2, 0.25) is 5.02 Å². The molecule has 3 aromatic carbocycles. The molecule has 1 N–H and O–H groups in total. The summed E-state index contributed by atoms with van der Waals surface area (Å²) in [5, 5.41) is 3.13. The van der Waals surface area contributed by atoms with Gasteiger partial charge >= 0.3 is 4.87 Å². The van der Waals surface area contributed by atoms with Crippen LogP contribution in [0.1, 0.15) is 42.7 Å². The van der Waals surface area contributed by atoms with Crippen LogP contribution in [-0.2, 0) is 26.3 Å². The van der Waals surface area contributed by atoms with Crippen LogP contribution in [0, 0.1) is 5.92 Å². The average Bonchev–Trinajstić information content (AvgIpc) is 3.40. The Balaban J connectivity index is 1.43. The second-order valence-electron chi connectivity index (χ2n) is 11.4. The van der Waals surface area contributed by atoms with Crippen LogP contribution in [0.25, 0.3) is 0 Å². The molecule has 0 aliphatic carbocycles. The van der Waals surface area contributed by atoms with E-state index in [4.69, 9.17) is 11.6 Å². The van der Waals surface area contributed by atoms with E-state index in [0.717, 1.165) is 22.5 Å². The lowest BCUT2D eigenvalue weighted by atomic mass is 9.81. The second-order valence-corrected chi connectivity index (χ2v) is 14.0. The third-order valence-corrected chi connectivity index (χ3v) is 10.5. The normalized spacial score (nSPS) is 19.9. The number of nitrogens with zero attached hydrogens (tertiary/aromatic N) is 2. The fraction of sp³-hybridized carbons (Fsp3) is 0.250. The number of para-hydroxylation sites is 1. The summed E-state index contributed by atoms with van der Waals surface area (Å²) in [6, 6.07) is 23.7. The van der Waals surface area contributed by atoms with Crippen molar-refractivity contribution in [2.24, 2.45) is 5.92 Å². The monoisotopic (exact) mass is 617 g/mol. The molecule has 0 saturated carbocycles. The topological polar surface area (TPSA) is 88.5 Å². The number of nitrogens with one attached hydrogen (secondary N) is 1. The first-order valence-electron chi connectivity index (χ1n) is 13.5. The van der Waals surface area contributed by atoms with Gasteiger partial charge in [0.1, 0.15) is 11.8 Å². The summed E-state index contributed by atoms with van der Waals surface area (Å²) in [5.41, 5.74) is 2.99. The van der Waals surface area contributed by atoms with Gasteiger partial charge in [0.05, 0.1) is 16.6 Å². The Labute approximate surface area is 256 Å². The summed E-state index contributed by atoms with van der Waals surface area (Å²) in [7, 11) is 0. The first-order chi connectivity index (χ1) is 20.0. The highest BCUT2D eigenvalue weighted by Gasteiger charge is 2.56. The molecular formula is C32H28ClN3O4S2. The first kappa shape index (κ1) is 28.5. The first-order valence-corrected chi connectivity index (χ1v) is 15.6. The Morgan fingerprint density at radius 2 is 1.57 bits per heavy atom. The molecule has 0 radical (unpaired) electrons. The van der Waals surface area contributed by atoms with Gasteiger partial charge in [0.25, 0.3) is 0 Å². The Kier molecular flexibility index (Phi) is 7.37. The third kappa shape index (κ3) is 5.10. The summed E-state index contributed by atoms with van der Waals surface area (Å²) >= 11 is 8.31. The number of aromatic nitrogens is 1. The number of hydrogen-bond acceptors (Lipinski definition) is 6. The van der Waals surface area contributed by atoms with Gasteiger partial charge in [0.15, 0.2) is 0 Å². The standard InChI is InChI=1S/C32H28ClN3O4S2/c1-32(2,3)19-11-9-18(10-12-19)24-25-26(29(39)36(28(25)38)22-15-13-20(33)14-16-22)41-30-27(24)42-31(40)35(30)17-23(37)34-21-7-5-4-6-8-21/h4-16,24-26H,17H2,1-3H3,(H,34,37)/t24-,25?,26?/m0/s1. The zero-order valence-corrected chi connectivity index (χ0v) is 25.6. The number of fused-ring (bicyclic) bond motifs is 2. The van der Waals surface area contributed by atoms with Crippen molar-refractivity contribution in [2.75, 3.05) is 10.2 Å². The Bertz CT molecular complexity index is 1740. The van der Waals surface area contributed by atoms with E-state index < -0.39 is 17.1 Å². The van der Waals surface area contributed by atoms with Gasteiger partial charge < -0.3 is 5.32 Å². The van der Waals surface area contributed by atoms with E-state index >= 15 is 0 Å². The number of hydrogen-bond donors (Lipinski definition) is 1. The lowest BCUT2D eigenvalue weighted by molar-refractivity contribution is -0.122. The number of benzene rings is 3. The minimum absolute atomic E-state index is 0.0700. The Morgan fingerprint density at radius 3 is 2.21 bits per heavy atom. The fourth-order valence-electron chi connectivity index (χ4n) is 5.52. The number of thioether (sulfide) groups is 1. The molecule has 4 aromatic rings. The zero-order valence-electron chi connectivity index (χ0n) is 23.2. The molecule has 2 aliphatic rings. The molecular weight excluding hydrogens is 590 g/mol. The molecule has 0 spiro atoms. The van der Waals surface area contributed by atoms with Crippen molar-refractivity contribution >= 4 is 63.8 Å². The van der Waals surface area contributed by atoms with Crippen molar-refractivity contribution in [3.8, 4) is 0 Å². The SMILES string of the molecule is CC(C)(C)c1ccc([C@@H]2c3sc(=O)n(CC(=O)Nc4ccccc4)c3SC3C(=O)N(c4ccc(Cl)cc4)C(=O)C32)cc1. The van der Waals surface area contributed by atoms with E-state index in [0.29, 0.717) is 26.3 Å². The minimum Gasteiger partial charge on any atom is -0.325 e. The second kappa shape index (κ2) is 10.9. The number of thiazole rings is 1. The Morgan fingerprint density at radius 1 is 0.905 bits per heavy atom. The Hall–Kier alpha value is -3.66.